The number of carbonyl (C=O) groups excluding carboxylic acids is 1. The molecule has 10 nitrogen and oxygen atoms in total. The van der Waals surface area contributed by atoms with E-state index in [1.54, 1.807) is 48.8 Å². The van der Waals surface area contributed by atoms with Gasteiger partial charge >= 0.3 is 5.97 Å². The summed E-state index contributed by atoms with van der Waals surface area (Å²) in [7, 11) is 0. The molecular formula is C25H24N8O2. The van der Waals surface area contributed by atoms with Crippen molar-refractivity contribution in [1.29, 1.82) is 0 Å². The van der Waals surface area contributed by atoms with Gasteiger partial charge in [0.2, 0.25) is 5.95 Å². The Morgan fingerprint density at radius 2 is 1.71 bits per heavy atom. The SMILES string of the molecule is Cc1cccc(-c2nccc(Nc3ccnc(Nc4ccc(C(=O)OCC5CNC5)cc4)n3)n2)n1. The molecule has 0 saturated carbocycles. The smallest absolute Gasteiger partial charge is 0.338 e. The van der Waals surface area contributed by atoms with Crippen LogP contribution in [0.3, 0.4) is 0 Å². The lowest BCUT2D eigenvalue weighted by Gasteiger charge is -2.26. The zero-order valence-electron chi connectivity index (χ0n) is 19.1. The minimum atomic E-state index is -0.323. The number of ether oxygens (including phenoxy) is 1. The molecule has 1 aliphatic rings. The molecule has 0 aliphatic carbocycles. The highest BCUT2D eigenvalue weighted by Crippen LogP contribution is 2.19. The van der Waals surface area contributed by atoms with E-state index in [4.69, 9.17) is 4.74 Å². The first-order valence-electron chi connectivity index (χ1n) is 11.2. The fraction of sp³-hybridized carbons (Fsp3) is 0.200. The number of esters is 1. The molecule has 5 rings (SSSR count). The number of benzene rings is 1. The number of anilines is 4. The van der Waals surface area contributed by atoms with E-state index in [-0.39, 0.29) is 5.97 Å². The number of pyridine rings is 1. The van der Waals surface area contributed by atoms with Crippen LogP contribution in [0.15, 0.2) is 67.0 Å². The highest BCUT2D eigenvalue weighted by Gasteiger charge is 2.19. The first-order valence-corrected chi connectivity index (χ1v) is 11.2. The Hall–Kier alpha value is -4.44. The quantitative estimate of drug-likeness (QED) is 0.331. The second kappa shape index (κ2) is 10.2. The molecule has 35 heavy (non-hydrogen) atoms. The molecule has 0 radical (unpaired) electrons. The Kier molecular flexibility index (Phi) is 6.53. The Balaban J connectivity index is 1.22. The number of nitrogens with one attached hydrogen (secondary N) is 3. The predicted molar refractivity (Wildman–Crippen MR) is 132 cm³/mol. The Labute approximate surface area is 202 Å². The maximum atomic E-state index is 12.2. The molecule has 1 aromatic carbocycles. The van der Waals surface area contributed by atoms with Gasteiger partial charge in [-0.3, -0.25) is 0 Å². The van der Waals surface area contributed by atoms with Crippen LogP contribution in [0.25, 0.3) is 11.5 Å². The van der Waals surface area contributed by atoms with E-state index in [0.717, 1.165) is 24.5 Å². The minimum absolute atomic E-state index is 0.323. The van der Waals surface area contributed by atoms with E-state index in [0.29, 0.717) is 47.2 Å². The number of carbonyl (C=O) groups is 1. The van der Waals surface area contributed by atoms with Crippen molar-refractivity contribution in [2.24, 2.45) is 5.92 Å². The molecule has 1 saturated heterocycles. The van der Waals surface area contributed by atoms with Gasteiger partial charge in [-0.15, -0.1) is 0 Å². The van der Waals surface area contributed by atoms with Crippen LogP contribution in [0.4, 0.5) is 23.3 Å². The molecule has 4 heterocycles. The number of rotatable bonds is 8. The molecule has 1 fully saturated rings. The summed E-state index contributed by atoms with van der Waals surface area (Å²) in [5.41, 5.74) is 2.84. The van der Waals surface area contributed by atoms with E-state index in [2.05, 4.69) is 40.9 Å². The monoisotopic (exact) mass is 468 g/mol. The average molecular weight is 469 g/mol. The molecule has 4 aromatic rings. The molecule has 0 bridgehead atoms. The largest absolute Gasteiger partial charge is 0.462 e. The van der Waals surface area contributed by atoms with Gasteiger partial charge in [0, 0.05) is 42.8 Å². The molecule has 0 atom stereocenters. The van der Waals surface area contributed by atoms with E-state index in [1.807, 2.05) is 25.1 Å². The topological polar surface area (TPSA) is 127 Å². The van der Waals surface area contributed by atoms with Crippen molar-refractivity contribution in [2.75, 3.05) is 30.3 Å². The Morgan fingerprint density at radius 3 is 2.46 bits per heavy atom. The van der Waals surface area contributed by atoms with E-state index in [1.165, 1.54) is 0 Å². The van der Waals surface area contributed by atoms with Gasteiger partial charge in [-0.1, -0.05) is 6.07 Å². The summed E-state index contributed by atoms with van der Waals surface area (Å²) in [6.45, 7) is 4.15. The Morgan fingerprint density at radius 1 is 0.943 bits per heavy atom. The highest BCUT2D eigenvalue weighted by molar-refractivity contribution is 5.89. The van der Waals surface area contributed by atoms with Crippen molar-refractivity contribution in [1.82, 2.24) is 30.2 Å². The molecule has 176 valence electrons. The van der Waals surface area contributed by atoms with Crippen molar-refractivity contribution in [3.63, 3.8) is 0 Å². The minimum Gasteiger partial charge on any atom is -0.462 e. The summed E-state index contributed by atoms with van der Waals surface area (Å²) >= 11 is 0. The lowest BCUT2D eigenvalue weighted by Crippen LogP contribution is -2.44. The maximum Gasteiger partial charge on any atom is 0.338 e. The standard InChI is InChI=1S/C25H24N8O2/c1-16-3-2-4-20(29-16)23-27-11-9-21(32-23)31-22-10-12-28-25(33-22)30-19-7-5-18(6-8-19)24(34)35-15-17-13-26-14-17/h2-12,17,26H,13-15H2,1H3,(H2,27,28,30,31,32,33). The first kappa shape index (κ1) is 22.4. The summed E-state index contributed by atoms with van der Waals surface area (Å²) < 4.78 is 5.36. The fourth-order valence-electron chi connectivity index (χ4n) is 3.40. The van der Waals surface area contributed by atoms with Gasteiger partial charge in [-0.2, -0.15) is 4.98 Å². The predicted octanol–water partition coefficient (Wildman–Crippen LogP) is 3.50. The van der Waals surface area contributed by atoms with E-state index < -0.39 is 0 Å². The molecule has 3 N–H and O–H groups in total. The van der Waals surface area contributed by atoms with Crippen LogP contribution in [-0.4, -0.2) is 50.6 Å². The lowest BCUT2D eigenvalue weighted by molar-refractivity contribution is 0.0398. The van der Waals surface area contributed by atoms with Crippen molar-refractivity contribution in [2.45, 2.75) is 6.92 Å². The molecule has 1 aliphatic heterocycles. The van der Waals surface area contributed by atoms with Crippen LogP contribution in [0.5, 0.6) is 0 Å². The zero-order chi connectivity index (χ0) is 24.0. The molecule has 10 heteroatoms. The number of hydrogen-bond donors (Lipinski definition) is 3. The second-order valence-corrected chi connectivity index (χ2v) is 8.15. The van der Waals surface area contributed by atoms with Gasteiger partial charge < -0.3 is 20.7 Å². The summed E-state index contributed by atoms with van der Waals surface area (Å²) in [5, 5.41) is 9.48. The number of aromatic nitrogens is 5. The average Bonchev–Trinajstić information content (AvgIpc) is 2.84. The fourth-order valence-corrected chi connectivity index (χ4v) is 3.40. The first-order chi connectivity index (χ1) is 17.1. The molecule has 0 spiro atoms. The number of hydrogen-bond acceptors (Lipinski definition) is 10. The summed E-state index contributed by atoms with van der Waals surface area (Å²) in [5.74, 6) is 2.16. The van der Waals surface area contributed by atoms with Gasteiger partial charge in [-0.05, 0) is 55.5 Å². The van der Waals surface area contributed by atoms with Crippen LogP contribution in [0.1, 0.15) is 16.1 Å². The van der Waals surface area contributed by atoms with E-state index in [9.17, 15) is 4.79 Å². The van der Waals surface area contributed by atoms with Crippen LogP contribution < -0.4 is 16.0 Å². The van der Waals surface area contributed by atoms with Crippen molar-refractivity contribution in [3.8, 4) is 11.5 Å². The van der Waals surface area contributed by atoms with Gasteiger partial charge in [0.15, 0.2) is 5.82 Å². The van der Waals surface area contributed by atoms with Crippen LogP contribution in [-0.2, 0) is 4.74 Å². The van der Waals surface area contributed by atoms with Crippen LogP contribution in [0.2, 0.25) is 0 Å². The molecule has 0 amide bonds. The normalized spacial score (nSPS) is 13.1. The van der Waals surface area contributed by atoms with Crippen LogP contribution >= 0.6 is 0 Å². The number of aryl methyl sites for hydroxylation is 1. The van der Waals surface area contributed by atoms with E-state index >= 15 is 0 Å². The summed E-state index contributed by atoms with van der Waals surface area (Å²) in [6.07, 6.45) is 3.31. The van der Waals surface area contributed by atoms with Gasteiger partial charge in [0.05, 0.1) is 12.2 Å². The molecular weight excluding hydrogens is 444 g/mol. The van der Waals surface area contributed by atoms with Crippen LogP contribution in [0, 0.1) is 12.8 Å². The molecule has 0 unspecified atom stereocenters. The lowest BCUT2D eigenvalue weighted by atomic mass is 10.1. The van der Waals surface area contributed by atoms with Gasteiger partial charge in [-0.25, -0.2) is 24.7 Å². The van der Waals surface area contributed by atoms with Crippen molar-refractivity contribution >= 4 is 29.2 Å². The highest BCUT2D eigenvalue weighted by atomic mass is 16.5. The van der Waals surface area contributed by atoms with Crippen molar-refractivity contribution in [3.05, 3.63) is 78.2 Å². The van der Waals surface area contributed by atoms with Gasteiger partial charge in [0.1, 0.15) is 17.3 Å². The second-order valence-electron chi connectivity index (χ2n) is 8.15. The summed E-state index contributed by atoms with van der Waals surface area (Å²) in [4.78, 5) is 34.3. The summed E-state index contributed by atoms with van der Waals surface area (Å²) in [6, 6.07) is 16.2. The third-order valence-corrected chi connectivity index (χ3v) is 5.38. The number of nitrogens with zero attached hydrogens (tertiary/aromatic N) is 5. The van der Waals surface area contributed by atoms with Crippen molar-refractivity contribution < 1.29 is 9.53 Å². The third-order valence-electron chi connectivity index (χ3n) is 5.38. The third kappa shape index (κ3) is 5.74. The Bertz CT molecular complexity index is 1330. The maximum absolute atomic E-state index is 12.2. The van der Waals surface area contributed by atoms with Gasteiger partial charge in [0.25, 0.3) is 0 Å². The zero-order valence-corrected chi connectivity index (χ0v) is 19.1. The molecule has 3 aromatic heterocycles.